The van der Waals surface area contributed by atoms with Gasteiger partial charge in [-0.3, -0.25) is 0 Å². The van der Waals surface area contributed by atoms with E-state index in [4.69, 9.17) is 6.42 Å². The number of hydrogen-bond donors (Lipinski definition) is 1. The summed E-state index contributed by atoms with van der Waals surface area (Å²) in [6.45, 7) is 0. The molecule has 0 aliphatic heterocycles. The molecule has 0 heterocycles. The first-order chi connectivity index (χ1) is 7.15. The number of hydrogen-bond acceptors (Lipinski definition) is 1. The van der Waals surface area contributed by atoms with Crippen LogP contribution in [-0.4, -0.2) is 5.11 Å². The molecule has 1 aromatic carbocycles. The Bertz CT molecular complexity index is 338. The van der Waals surface area contributed by atoms with Crippen LogP contribution in [0.5, 0.6) is 0 Å². The predicted molar refractivity (Wildman–Crippen MR) is 54.4 cm³/mol. The summed E-state index contributed by atoms with van der Waals surface area (Å²) in [5.41, 5.74) is 0.581. The Hall–Kier alpha value is -1.40. The number of alkyl halides is 2. The molecule has 0 bridgehead atoms. The lowest BCUT2D eigenvalue weighted by Crippen LogP contribution is -1.97. The van der Waals surface area contributed by atoms with Crippen molar-refractivity contribution >= 4 is 0 Å². The minimum Gasteiger partial charge on any atom is -0.388 e. The summed E-state index contributed by atoms with van der Waals surface area (Å²) in [4.78, 5) is 0. The fourth-order valence-corrected chi connectivity index (χ4v) is 1.25. The number of aliphatic hydroxyl groups is 1. The highest BCUT2D eigenvalue weighted by molar-refractivity contribution is 5.24. The van der Waals surface area contributed by atoms with Gasteiger partial charge in [0, 0.05) is 12.0 Å². The fourth-order valence-electron chi connectivity index (χ4n) is 1.25. The SMILES string of the molecule is C#CCCC(O)c1ccc(C(F)F)cc1. The molecular weight excluding hydrogens is 198 g/mol. The van der Waals surface area contributed by atoms with E-state index < -0.39 is 12.5 Å². The Morgan fingerprint density at radius 1 is 1.20 bits per heavy atom. The molecule has 1 nitrogen and oxygen atoms in total. The standard InChI is InChI=1S/C12H12F2O/c1-2-3-4-11(15)9-5-7-10(8-6-9)12(13)14/h1,5-8,11-12,15H,3-4H2. The fraction of sp³-hybridized carbons (Fsp3) is 0.333. The summed E-state index contributed by atoms with van der Waals surface area (Å²) in [6, 6.07) is 5.64. The van der Waals surface area contributed by atoms with Crippen LogP contribution in [0.15, 0.2) is 24.3 Å². The van der Waals surface area contributed by atoms with Gasteiger partial charge in [0.2, 0.25) is 0 Å². The lowest BCUT2D eigenvalue weighted by Gasteiger charge is -2.09. The monoisotopic (exact) mass is 210 g/mol. The van der Waals surface area contributed by atoms with Crippen LogP contribution < -0.4 is 0 Å². The van der Waals surface area contributed by atoms with E-state index in [1.165, 1.54) is 24.3 Å². The molecule has 0 aromatic heterocycles. The first kappa shape index (κ1) is 11.7. The maximum absolute atomic E-state index is 12.2. The maximum Gasteiger partial charge on any atom is 0.263 e. The van der Waals surface area contributed by atoms with Crippen molar-refractivity contribution in [3.63, 3.8) is 0 Å². The second kappa shape index (κ2) is 5.47. The van der Waals surface area contributed by atoms with Crippen LogP contribution >= 0.6 is 0 Å². The summed E-state index contributed by atoms with van der Waals surface area (Å²) in [7, 11) is 0. The minimum atomic E-state index is -2.47. The number of terminal acetylenes is 1. The molecule has 0 spiro atoms. The van der Waals surface area contributed by atoms with Gasteiger partial charge in [0.15, 0.2) is 0 Å². The third-order valence-corrected chi connectivity index (χ3v) is 2.14. The van der Waals surface area contributed by atoms with Gasteiger partial charge in [-0.2, -0.15) is 0 Å². The second-order valence-electron chi connectivity index (χ2n) is 3.23. The van der Waals surface area contributed by atoms with Gasteiger partial charge < -0.3 is 5.11 Å². The largest absolute Gasteiger partial charge is 0.388 e. The third kappa shape index (κ3) is 3.34. The zero-order chi connectivity index (χ0) is 11.3. The van der Waals surface area contributed by atoms with Crippen molar-refractivity contribution in [3.05, 3.63) is 35.4 Å². The molecular formula is C12H12F2O. The summed E-state index contributed by atoms with van der Waals surface area (Å²) in [6.07, 6.45) is 2.83. The van der Waals surface area contributed by atoms with E-state index >= 15 is 0 Å². The van der Waals surface area contributed by atoms with E-state index in [9.17, 15) is 13.9 Å². The molecule has 1 atom stereocenters. The van der Waals surface area contributed by atoms with Gasteiger partial charge in [0.05, 0.1) is 6.10 Å². The molecule has 0 amide bonds. The maximum atomic E-state index is 12.2. The van der Waals surface area contributed by atoms with Crippen LogP contribution in [-0.2, 0) is 0 Å². The first-order valence-electron chi connectivity index (χ1n) is 4.64. The highest BCUT2D eigenvalue weighted by atomic mass is 19.3. The van der Waals surface area contributed by atoms with E-state index in [2.05, 4.69) is 5.92 Å². The highest BCUT2D eigenvalue weighted by Crippen LogP contribution is 2.23. The van der Waals surface area contributed by atoms with Crippen molar-refractivity contribution in [2.24, 2.45) is 0 Å². The van der Waals surface area contributed by atoms with Crippen molar-refractivity contribution in [3.8, 4) is 12.3 Å². The molecule has 1 N–H and O–H groups in total. The van der Waals surface area contributed by atoms with Crippen LogP contribution in [0, 0.1) is 12.3 Å². The Morgan fingerprint density at radius 2 is 1.73 bits per heavy atom. The molecule has 1 unspecified atom stereocenters. The average molecular weight is 210 g/mol. The van der Waals surface area contributed by atoms with Gasteiger partial charge in [0.25, 0.3) is 6.43 Å². The number of aliphatic hydroxyl groups excluding tert-OH is 1. The zero-order valence-corrected chi connectivity index (χ0v) is 8.16. The first-order valence-corrected chi connectivity index (χ1v) is 4.64. The van der Waals surface area contributed by atoms with E-state index in [0.717, 1.165) is 0 Å². The molecule has 0 aliphatic carbocycles. The van der Waals surface area contributed by atoms with Crippen molar-refractivity contribution in [1.82, 2.24) is 0 Å². The van der Waals surface area contributed by atoms with Crippen LogP contribution in [0.3, 0.4) is 0 Å². The summed E-state index contributed by atoms with van der Waals surface area (Å²) < 4.78 is 24.4. The quantitative estimate of drug-likeness (QED) is 0.757. The van der Waals surface area contributed by atoms with Crippen molar-refractivity contribution < 1.29 is 13.9 Å². The molecule has 0 aliphatic rings. The average Bonchev–Trinajstić information content (AvgIpc) is 2.26. The Kier molecular flexibility index (Phi) is 4.26. The van der Waals surface area contributed by atoms with Crippen molar-refractivity contribution in [2.45, 2.75) is 25.4 Å². The van der Waals surface area contributed by atoms with Gasteiger partial charge in [-0.1, -0.05) is 24.3 Å². The molecule has 0 saturated heterocycles. The van der Waals surface area contributed by atoms with Crippen LogP contribution in [0.1, 0.15) is 36.5 Å². The molecule has 1 rings (SSSR count). The van der Waals surface area contributed by atoms with E-state index in [1.54, 1.807) is 0 Å². The van der Waals surface area contributed by atoms with Crippen LogP contribution in [0.25, 0.3) is 0 Å². The van der Waals surface area contributed by atoms with Gasteiger partial charge in [-0.05, 0) is 12.0 Å². The van der Waals surface area contributed by atoms with E-state index in [-0.39, 0.29) is 5.56 Å². The molecule has 0 fully saturated rings. The zero-order valence-electron chi connectivity index (χ0n) is 8.16. The normalized spacial score (nSPS) is 12.5. The third-order valence-electron chi connectivity index (χ3n) is 2.14. The second-order valence-corrected chi connectivity index (χ2v) is 3.23. The minimum absolute atomic E-state index is 0.0390. The van der Waals surface area contributed by atoms with Crippen LogP contribution in [0.2, 0.25) is 0 Å². The Labute approximate surface area is 87.7 Å². The highest BCUT2D eigenvalue weighted by Gasteiger charge is 2.09. The molecule has 0 saturated carbocycles. The van der Waals surface area contributed by atoms with E-state index in [1.807, 2.05) is 0 Å². The lowest BCUT2D eigenvalue weighted by atomic mass is 10.0. The summed E-state index contributed by atoms with van der Waals surface area (Å²) in [5, 5.41) is 9.60. The smallest absolute Gasteiger partial charge is 0.263 e. The Balaban J connectivity index is 2.67. The summed E-state index contributed by atoms with van der Waals surface area (Å²) >= 11 is 0. The van der Waals surface area contributed by atoms with Crippen molar-refractivity contribution in [1.29, 1.82) is 0 Å². The topological polar surface area (TPSA) is 20.2 Å². The molecule has 0 radical (unpaired) electrons. The Morgan fingerprint density at radius 3 is 2.20 bits per heavy atom. The van der Waals surface area contributed by atoms with Gasteiger partial charge in [0.1, 0.15) is 0 Å². The number of benzene rings is 1. The predicted octanol–water partition coefficient (Wildman–Crippen LogP) is 3.07. The van der Waals surface area contributed by atoms with Crippen molar-refractivity contribution in [2.75, 3.05) is 0 Å². The van der Waals surface area contributed by atoms with Gasteiger partial charge in [-0.15, -0.1) is 12.3 Å². The van der Waals surface area contributed by atoms with Gasteiger partial charge in [-0.25, -0.2) is 8.78 Å². The molecule has 1 aromatic rings. The van der Waals surface area contributed by atoms with E-state index in [0.29, 0.717) is 18.4 Å². The number of rotatable bonds is 4. The van der Waals surface area contributed by atoms with Crippen LogP contribution in [0.4, 0.5) is 8.78 Å². The summed E-state index contributed by atoms with van der Waals surface area (Å²) in [5.74, 6) is 2.42. The van der Waals surface area contributed by atoms with Gasteiger partial charge >= 0.3 is 0 Å². The lowest BCUT2D eigenvalue weighted by molar-refractivity contribution is 0.150. The molecule has 80 valence electrons. The molecule has 15 heavy (non-hydrogen) atoms. The number of halogens is 2. The molecule has 3 heteroatoms.